The second-order valence-electron chi connectivity index (χ2n) is 7.32. The first-order valence-electron chi connectivity index (χ1n) is 10.7. The molecule has 1 heteroatoms. The van der Waals surface area contributed by atoms with Gasteiger partial charge in [0.25, 0.3) is 0 Å². The van der Waals surface area contributed by atoms with Crippen molar-refractivity contribution in [3.05, 3.63) is 36.2 Å². The van der Waals surface area contributed by atoms with Gasteiger partial charge in [-0.2, -0.15) is 0 Å². The average molecular weight is 332 g/mol. The van der Waals surface area contributed by atoms with Crippen LogP contribution in [0.25, 0.3) is 0 Å². The third-order valence-corrected chi connectivity index (χ3v) is 5.10. The van der Waals surface area contributed by atoms with Gasteiger partial charge in [-0.25, -0.2) is 0 Å². The molecule has 0 unspecified atom stereocenters. The molecule has 0 fully saturated rings. The van der Waals surface area contributed by atoms with Crippen LogP contribution in [0.3, 0.4) is 0 Å². The third-order valence-electron chi connectivity index (χ3n) is 5.10. The van der Waals surface area contributed by atoms with Crippen molar-refractivity contribution in [1.82, 2.24) is 5.32 Å². The molecule has 24 heavy (non-hydrogen) atoms. The van der Waals surface area contributed by atoms with Crippen molar-refractivity contribution < 1.29 is 0 Å². The number of hydrogen-bond donors (Lipinski definition) is 1. The van der Waals surface area contributed by atoms with E-state index in [1.54, 1.807) is 0 Å². The minimum absolute atomic E-state index is 0.717. The largest absolute Gasteiger partial charge is 0.365 e. The molecule has 1 N–H and O–H groups in total. The molecule has 0 aromatic carbocycles. The summed E-state index contributed by atoms with van der Waals surface area (Å²) in [6.45, 7) is 4.59. The second kappa shape index (κ2) is 15.5. The predicted octanol–water partition coefficient (Wildman–Crippen LogP) is 7.66. The summed E-state index contributed by atoms with van der Waals surface area (Å²) >= 11 is 0. The summed E-state index contributed by atoms with van der Waals surface area (Å²) in [5, 5.41) is 3.52. The molecule has 0 spiro atoms. The van der Waals surface area contributed by atoms with Crippen molar-refractivity contribution >= 4 is 0 Å². The van der Waals surface area contributed by atoms with Crippen molar-refractivity contribution in [3.8, 4) is 0 Å². The molecule has 1 rings (SSSR count). The van der Waals surface area contributed by atoms with E-state index >= 15 is 0 Å². The summed E-state index contributed by atoms with van der Waals surface area (Å²) in [6.07, 6.45) is 30.2. The van der Waals surface area contributed by atoms with Gasteiger partial charge in [-0.15, -0.1) is 0 Å². The van der Waals surface area contributed by atoms with Gasteiger partial charge in [0.2, 0.25) is 0 Å². The zero-order valence-electron chi connectivity index (χ0n) is 16.4. The molecule has 0 bridgehead atoms. The molecule has 0 atom stereocenters. The van der Waals surface area contributed by atoms with E-state index in [9.17, 15) is 0 Å². The van der Waals surface area contributed by atoms with Crippen LogP contribution >= 0.6 is 0 Å². The van der Waals surface area contributed by atoms with Gasteiger partial charge in [-0.3, -0.25) is 0 Å². The Hall–Kier alpha value is -0.980. The quantitative estimate of drug-likeness (QED) is 0.304. The van der Waals surface area contributed by atoms with Crippen LogP contribution in [0, 0.1) is 5.92 Å². The SMILES string of the molecule is CCCCCCCCC(CCCCCCCC)C1=CC=CC=CN1. The molecular formula is C23H41N. The van der Waals surface area contributed by atoms with E-state index in [4.69, 9.17) is 0 Å². The van der Waals surface area contributed by atoms with Crippen LogP contribution in [0.5, 0.6) is 0 Å². The summed E-state index contributed by atoms with van der Waals surface area (Å²) in [5.74, 6) is 0.717. The van der Waals surface area contributed by atoms with Crippen molar-refractivity contribution in [3.63, 3.8) is 0 Å². The highest BCUT2D eigenvalue weighted by atomic mass is 14.9. The third kappa shape index (κ3) is 10.7. The van der Waals surface area contributed by atoms with Gasteiger partial charge >= 0.3 is 0 Å². The highest BCUT2D eigenvalue weighted by Gasteiger charge is 2.13. The van der Waals surface area contributed by atoms with Crippen LogP contribution in [-0.2, 0) is 0 Å². The maximum atomic E-state index is 3.52. The van der Waals surface area contributed by atoms with Gasteiger partial charge in [0.1, 0.15) is 0 Å². The van der Waals surface area contributed by atoms with Gasteiger partial charge in [0, 0.05) is 11.9 Å². The minimum atomic E-state index is 0.717. The molecule has 0 aliphatic carbocycles. The van der Waals surface area contributed by atoms with E-state index in [0.717, 1.165) is 5.92 Å². The Morgan fingerprint density at radius 3 is 1.79 bits per heavy atom. The number of nitrogens with one attached hydrogen (secondary N) is 1. The lowest BCUT2D eigenvalue weighted by Crippen LogP contribution is -2.15. The van der Waals surface area contributed by atoms with E-state index in [1.165, 1.54) is 95.6 Å². The molecule has 1 aliphatic heterocycles. The topological polar surface area (TPSA) is 12.0 Å². The van der Waals surface area contributed by atoms with Crippen molar-refractivity contribution in [2.75, 3.05) is 0 Å². The molecular weight excluding hydrogens is 290 g/mol. The van der Waals surface area contributed by atoms with Crippen molar-refractivity contribution in [2.45, 2.75) is 104 Å². The lowest BCUT2D eigenvalue weighted by Gasteiger charge is -2.20. The number of allylic oxidation sites excluding steroid dienone is 5. The fourth-order valence-corrected chi connectivity index (χ4v) is 3.52. The summed E-state index contributed by atoms with van der Waals surface area (Å²) in [6, 6.07) is 0. The fourth-order valence-electron chi connectivity index (χ4n) is 3.52. The monoisotopic (exact) mass is 331 g/mol. The first-order chi connectivity index (χ1) is 11.9. The predicted molar refractivity (Wildman–Crippen MR) is 109 cm³/mol. The van der Waals surface area contributed by atoms with Crippen LogP contribution in [0.4, 0.5) is 0 Å². The molecule has 1 heterocycles. The molecule has 1 nitrogen and oxygen atoms in total. The van der Waals surface area contributed by atoms with E-state index in [-0.39, 0.29) is 0 Å². The summed E-state index contributed by atoms with van der Waals surface area (Å²) in [5.41, 5.74) is 1.43. The van der Waals surface area contributed by atoms with Crippen molar-refractivity contribution in [2.24, 2.45) is 5.92 Å². The van der Waals surface area contributed by atoms with E-state index in [1.807, 2.05) is 0 Å². The van der Waals surface area contributed by atoms with Crippen LogP contribution in [0.2, 0.25) is 0 Å². The standard InChI is InChI=1S/C23H41N/c1-3-5-7-9-11-14-18-22(19-15-12-10-8-6-4-2)23-20-16-13-17-21-24-23/h13,16-17,20-22,24H,3-12,14-15,18-19H2,1-2H3. The Balaban J connectivity index is 2.31. The second-order valence-corrected chi connectivity index (χ2v) is 7.32. The van der Waals surface area contributed by atoms with E-state index < -0.39 is 0 Å². The molecule has 1 aliphatic rings. The number of unbranched alkanes of at least 4 members (excludes halogenated alkanes) is 10. The van der Waals surface area contributed by atoms with Crippen molar-refractivity contribution in [1.29, 1.82) is 0 Å². The van der Waals surface area contributed by atoms with Gasteiger partial charge in [0.15, 0.2) is 0 Å². The van der Waals surface area contributed by atoms with Gasteiger partial charge in [-0.05, 0) is 30.9 Å². The first-order valence-corrected chi connectivity index (χ1v) is 10.7. The lowest BCUT2D eigenvalue weighted by atomic mass is 9.91. The molecule has 0 radical (unpaired) electrons. The lowest BCUT2D eigenvalue weighted by molar-refractivity contribution is 0.438. The zero-order chi connectivity index (χ0) is 17.3. The summed E-state index contributed by atoms with van der Waals surface area (Å²) in [4.78, 5) is 0. The van der Waals surface area contributed by atoms with Crippen LogP contribution in [0.15, 0.2) is 36.2 Å². The molecule has 0 saturated carbocycles. The average Bonchev–Trinajstić information content (AvgIpc) is 2.88. The summed E-state index contributed by atoms with van der Waals surface area (Å²) < 4.78 is 0. The minimum Gasteiger partial charge on any atom is -0.365 e. The Morgan fingerprint density at radius 2 is 1.21 bits per heavy atom. The Labute approximate surface area is 151 Å². The number of hydrogen-bond acceptors (Lipinski definition) is 1. The van der Waals surface area contributed by atoms with Crippen LogP contribution in [0.1, 0.15) is 104 Å². The highest BCUT2D eigenvalue weighted by Crippen LogP contribution is 2.25. The first kappa shape index (κ1) is 21.1. The van der Waals surface area contributed by atoms with Gasteiger partial charge in [-0.1, -0.05) is 103 Å². The normalized spacial score (nSPS) is 13.9. The molecule has 0 aromatic heterocycles. The Kier molecular flexibility index (Phi) is 13.6. The molecule has 138 valence electrons. The fraction of sp³-hybridized carbons (Fsp3) is 0.739. The summed E-state index contributed by atoms with van der Waals surface area (Å²) in [7, 11) is 0. The smallest absolute Gasteiger partial charge is 0.0178 e. The van der Waals surface area contributed by atoms with E-state index in [0.29, 0.717) is 0 Å². The van der Waals surface area contributed by atoms with Crippen LogP contribution in [-0.4, -0.2) is 0 Å². The Bertz CT molecular complexity index is 348. The van der Waals surface area contributed by atoms with Gasteiger partial charge in [0.05, 0.1) is 0 Å². The molecule has 0 aromatic rings. The zero-order valence-corrected chi connectivity index (χ0v) is 16.4. The number of rotatable bonds is 15. The maximum absolute atomic E-state index is 3.52. The molecule has 0 saturated heterocycles. The highest BCUT2D eigenvalue weighted by molar-refractivity contribution is 5.22. The maximum Gasteiger partial charge on any atom is 0.0178 e. The Morgan fingerprint density at radius 1 is 0.667 bits per heavy atom. The van der Waals surface area contributed by atoms with E-state index in [2.05, 4.69) is 49.7 Å². The molecule has 0 amide bonds. The van der Waals surface area contributed by atoms with Gasteiger partial charge < -0.3 is 5.32 Å². The van der Waals surface area contributed by atoms with Crippen LogP contribution < -0.4 is 5.32 Å².